The average molecular weight is 267 g/mol. The standard InChI is InChI=1S/C7H4BrF3O.Mg.2H/c1-12-7-4(10)2-3(9)5(8)6(7)11;;;/h2H,1H3;;;/q;+2;2*-1. The van der Waals surface area contributed by atoms with E-state index in [9.17, 15) is 13.2 Å². The quantitative estimate of drug-likeness (QED) is 0.432. The van der Waals surface area contributed by atoms with Gasteiger partial charge in [0.05, 0.1) is 11.6 Å². The van der Waals surface area contributed by atoms with Crippen molar-refractivity contribution in [3.63, 3.8) is 0 Å². The van der Waals surface area contributed by atoms with E-state index in [1.165, 1.54) is 0 Å². The Morgan fingerprint density at radius 3 is 2.31 bits per heavy atom. The first-order valence-electron chi connectivity index (χ1n) is 2.95. The van der Waals surface area contributed by atoms with E-state index in [0.717, 1.165) is 7.11 Å². The number of benzene rings is 1. The molecular formula is C7H6BrF3MgO. The van der Waals surface area contributed by atoms with E-state index in [-0.39, 0.29) is 25.9 Å². The molecular weight excluding hydrogens is 261 g/mol. The van der Waals surface area contributed by atoms with E-state index in [1.807, 2.05) is 0 Å². The zero-order valence-electron chi connectivity index (χ0n) is 8.70. The number of methoxy groups -OCH3 is 1. The van der Waals surface area contributed by atoms with E-state index in [4.69, 9.17) is 0 Å². The summed E-state index contributed by atoms with van der Waals surface area (Å²) in [4.78, 5) is 0. The molecule has 0 atom stereocenters. The largest absolute Gasteiger partial charge is 2.00 e. The van der Waals surface area contributed by atoms with Crippen LogP contribution in [0, 0.1) is 17.5 Å². The number of rotatable bonds is 1. The van der Waals surface area contributed by atoms with Gasteiger partial charge in [-0.05, 0) is 15.9 Å². The molecule has 0 fully saturated rings. The first-order valence-corrected chi connectivity index (χ1v) is 3.74. The fourth-order valence-corrected chi connectivity index (χ4v) is 1.03. The molecule has 0 saturated carbocycles. The molecule has 0 aliphatic carbocycles. The van der Waals surface area contributed by atoms with E-state index in [2.05, 4.69) is 20.7 Å². The Balaban J connectivity index is -0.000000480. The first-order chi connectivity index (χ1) is 5.57. The molecule has 0 aliphatic rings. The number of hydrogen-bond acceptors (Lipinski definition) is 1. The molecule has 0 amide bonds. The molecule has 1 rings (SSSR count). The Labute approximate surface area is 101 Å². The maximum Gasteiger partial charge on any atom is 2.00 e. The summed E-state index contributed by atoms with van der Waals surface area (Å²) >= 11 is 2.61. The molecule has 0 bridgehead atoms. The predicted octanol–water partition coefficient (Wildman–Crippen LogP) is 2.72. The van der Waals surface area contributed by atoms with Crippen LogP contribution in [-0.2, 0) is 0 Å². The summed E-state index contributed by atoms with van der Waals surface area (Å²) in [5.41, 5.74) is 0. The van der Waals surface area contributed by atoms with Crippen molar-refractivity contribution in [1.82, 2.24) is 0 Å². The molecule has 0 aromatic heterocycles. The van der Waals surface area contributed by atoms with Crippen molar-refractivity contribution < 1.29 is 20.8 Å². The second kappa shape index (κ2) is 5.07. The third kappa shape index (κ3) is 2.51. The predicted molar refractivity (Wildman–Crippen MR) is 48.5 cm³/mol. The molecule has 0 radical (unpaired) electrons. The van der Waals surface area contributed by atoms with E-state index < -0.39 is 27.7 Å². The maximum atomic E-state index is 12.9. The third-order valence-corrected chi connectivity index (χ3v) is 2.00. The smallest absolute Gasteiger partial charge is 1.00 e. The Hall–Kier alpha value is 0.0562. The summed E-state index contributed by atoms with van der Waals surface area (Å²) in [5.74, 6) is -3.72. The van der Waals surface area contributed by atoms with Crippen molar-refractivity contribution in [2.24, 2.45) is 0 Å². The van der Waals surface area contributed by atoms with Crippen LogP contribution in [0.1, 0.15) is 2.85 Å². The van der Waals surface area contributed by atoms with Crippen LogP contribution in [0.15, 0.2) is 10.5 Å². The minimum atomic E-state index is -1.07. The number of hydrogen-bond donors (Lipinski definition) is 0. The van der Waals surface area contributed by atoms with Crippen LogP contribution in [0.2, 0.25) is 0 Å². The van der Waals surface area contributed by atoms with Crippen LogP contribution in [0.5, 0.6) is 5.75 Å². The maximum absolute atomic E-state index is 12.9. The summed E-state index contributed by atoms with van der Waals surface area (Å²) in [6.45, 7) is 0. The SMILES string of the molecule is COc1c(F)cc(F)c(Br)c1F.[H-].[H-].[Mg+2]. The van der Waals surface area contributed by atoms with Gasteiger partial charge in [-0.15, -0.1) is 0 Å². The van der Waals surface area contributed by atoms with Gasteiger partial charge in [-0.1, -0.05) is 0 Å². The topological polar surface area (TPSA) is 9.23 Å². The summed E-state index contributed by atoms with van der Waals surface area (Å²) in [7, 11) is 1.10. The first kappa shape index (κ1) is 13.1. The molecule has 0 heterocycles. The van der Waals surface area contributed by atoms with Gasteiger partial charge in [0.1, 0.15) is 5.82 Å². The van der Waals surface area contributed by atoms with Crippen LogP contribution in [0.3, 0.4) is 0 Å². The van der Waals surface area contributed by atoms with Gasteiger partial charge in [0.15, 0.2) is 17.4 Å². The molecule has 6 heteroatoms. The van der Waals surface area contributed by atoms with Gasteiger partial charge in [0, 0.05) is 6.07 Å². The molecule has 1 aromatic carbocycles. The zero-order valence-corrected chi connectivity index (χ0v) is 9.70. The van der Waals surface area contributed by atoms with Crippen molar-refractivity contribution in [1.29, 1.82) is 0 Å². The van der Waals surface area contributed by atoms with Crippen LogP contribution >= 0.6 is 15.9 Å². The molecule has 0 N–H and O–H groups in total. The van der Waals surface area contributed by atoms with Crippen LogP contribution in [0.25, 0.3) is 0 Å². The van der Waals surface area contributed by atoms with Crippen molar-refractivity contribution in [2.75, 3.05) is 7.11 Å². The van der Waals surface area contributed by atoms with Crippen molar-refractivity contribution >= 4 is 39.0 Å². The zero-order chi connectivity index (χ0) is 9.30. The van der Waals surface area contributed by atoms with E-state index in [0.29, 0.717) is 6.07 Å². The fraction of sp³-hybridized carbons (Fsp3) is 0.143. The van der Waals surface area contributed by atoms with Gasteiger partial charge < -0.3 is 7.59 Å². The molecule has 0 spiro atoms. The normalized spacial score (nSPS) is 9.31. The molecule has 1 nitrogen and oxygen atoms in total. The molecule has 13 heavy (non-hydrogen) atoms. The van der Waals surface area contributed by atoms with E-state index in [1.54, 1.807) is 0 Å². The molecule has 70 valence electrons. The Morgan fingerprint density at radius 1 is 1.31 bits per heavy atom. The fourth-order valence-electron chi connectivity index (χ4n) is 0.737. The van der Waals surface area contributed by atoms with Crippen LogP contribution in [-0.4, -0.2) is 30.2 Å². The van der Waals surface area contributed by atoms with Crippen LogP contribution in [0.4, 0.5) is 13.2 Å². The third-order valence-electron chi connectivity index (χ3n) is 1.28. The number of ether oxygens (including phenoxy) is 1. The number of halogens is 4. The Bertz CT molecular complexity index is 328. The van der Waals surface area contributed by atoms with Crippen molar-refractivity contribution in [3.05, 3.63) is 28.0 Å². The molecule has 1 aromatic rings. The molecule has 0 saturated heterocycles. The average Bonchev–Trinajstić information content (AvgIpc) is 2.01. The van der Waals surface area contributed by atoms with Crippen molar-refractivity contribution in [2.45, 2.75) is 0 Å². The summed E-state index contributed by atoms with van der Waals surface area (Å²) in [6.07, 6.45) is 0. The van der Waals surface area contributed by atoms with Crippen LogP contribution < -0.4 is 4.74 Å². The minimum absolute atomic E-state index is 0. The summed E-state index contributed by atoms with van der Waals surface area (Å²) in [5, 5.41) is 0. The van der Waals surface area contributed by atoms with Gasteiger partial charge >= 0.3 is 23.1 Å². The summed E-state index contributed by atoms with van der Waals surface area (Å²) < 4.78 is 42.0. The Morgan fingerprint density at radius 2 is 1.85 bits per heavy atom. The van der Waals surface area contributed by atoms with Crippen molar-refractivity contribution in [3.8, 4) is 5.75 Å². The molecule has 0 unspecified atom stereocenters. The second-order valence-electron chi connectivity index (χ2n) is 2.00. The van der Waals surface area contributed by atoms with Gasteiger partial charge in [0.25, 0.3) is 0 Å². The second-order valence-corrected chi connectivity index (χ2v) is 2.79. The van der Waals surface area contributed by atoms with Gasteiger partial charge in [-0.3, -0.25) is 0 Å². The van der Waals surface area contributed by atoms with Gasteiger partial charge in [0.2, 0.25) is 0 Å². The van der Waals surface area contributed by atoms with Gasteiger partial charge in [-0.25, -0.2) is 13.2 Å². The molecule has 0 aliphatic heterocycles. The monoisotopic (exact) mass is 266 g/mol. The minimum Gasteiger partial charge on any atom is -1.00 e. The Kier molecular flexibility index (Phi) is 5.09. The summed E-state index contributed by atoms with van der Waals surface area (Å²) in [6, 6.07) is 0.548. The van der Waals surface area contributed by atoms with Gasteiger partial charge in [-0.2, -0.15) is 0 Å². The van der Waals surface area contributed by atoms with E-state index >= 15 is 0 Å².